The molecule has 4 aliphatic heterocycles. The van der Waals surface area contributed by atoms with E-state index >= 15 is 0 Å². The number of aliphatic hydroxyl groups is 13. The van der Waals surface area contributed by atoms with Crippen LogP contribution in [0.15, 0.2) is 0 Å². The molecule has 0 unspecified atom stereocenters. The van der Waals surface area contributed by atoms with E-state index in [-0.39, 0.29) is 29.6 Å². The smallest absolute Gasteiger partial charge is 0.725 e. The summed E-state index contributed by atoms with van der Waals surface area (Å²) in [4.78, 5) is 0. The Balaban J connectivity index is 0.00000676. The third kappa shape index (κ3) is 9.65. The minimum atomic E-state index is -5.45. The van der Waals surface area contributed by atoms with E-state index in [1.165, 1.54) is 0 Å². The Morgan fingerprint density at radius 2 is 0.720 bits per heavy atom. The molecule has 24 nitrogen and oxygen atoms in total. The second-order valence-electron chi connectivity index (χ2n) is 11.6. The van der Waals surface area contributed by atoms with Gasteiger partial charge in [0.15, 0.2) is 18.9 Å². The number of hydrogen-bond donors (Lipinski definition) is 13. The number of ether oxygens (including phenoxy) is 7. The standard InChI is InChI=1S/C24H42O24S.Na/c25-1-5-9(29)10(30)14(34)21(41-5)45-18-6(2-26)42-22(15(35)11(18)31)46-19-7(3-27)43-23(16(36)12(19)32)47-20-8(4-28)44-24(17(37)13(20)33)48-49(38,39)40;/h5-37H,1-4H2,(H,38,39,40);/q;+1/p-1/t5-,6-,7-,8-,9-,10+,11-,12-,13-,14-,15-,16-,17-,18-,19-,20-,21-,22-,23-,24-;/m1./s1. The van der Waals surface area contributed by atoms with Gasteiger partial charge in [-0.3, -0.25) is 0 Å². The van der Waals surface area contributed by atoms with E-state index in [1.54, 1.807) is 0 Å². The van der Waals surface area contributed by atoms with Gasteiger partial charge in [-0.05, 0) is 0 Å². The van der Waals surface area contributed by atoms with E-state index in [0.29, 0.717) is 0 Å². The molecule has 0 aromatic heterocycles. The summed E-state index contributed by atoms with van der Waals surface area (Å²) in [5.74, 6) is 0. The summed E-state index contributed by atoms with van der Waals surface area (Å²) >= 11 is 0. The van der Waals surface area contributed by atoms with Crippen molar-refractivity contribution in [1.82, 2.24) is 0 Å². The van der Waals surface area contributed by atoms with Crippen molar-refractivity contribution in [3.63, 3.8) is 0 Å². The van der Waals surface area contributed by atoms with Crippen molar-refractivity contribution >= 4 is 10.4 Å². The van der Waals surface area contributed by atoms with Crippen LogP contribution < -0.4 is 29.6 Å². The fourth-order valence-electron chi connectivity index (χ4n) is 5.73. The summed E-state index contributed by atoms with van der Waals surface area (Å²) < 4.78 is 74.4. The van der Waals surface area contributed by atoms with Gasteiger partial charge >= 0.3 is 29.6 Å². The van der Waals surface area contributed by atoms with Crippen LogP contribution in [-0.4, -0.2) is 229 Å². The zero-order valence-corrected chi connectivity index (χ0v) is 28.9. The fourth-order valence-corrected chi connectivity index (χ4v) is 6.12. The van der Waals surface area contributed by atoms with Gasteiger partial charge in [0.05, 0.1) is 26.4 Å². The molecule has 0 bridgehead atoms. The Hall–Kier alpha value is 0.0700. The minimum Gasteiger partial charge on any atom is -0.725 e. The Labute approximate surface area is 305 Å². The average molecular weight is 769 g/mol. The molecular formula is C24H41NaO24S. The summed E-state index contributed by atoms with van der Waals surface area (Å²) in [5.41, 5.74) is 0. The second-order valence-corrected chi connectivity index (χ2v) is 12.6. The average Bonchev–Trinajstić information content (AvgIpc) is 3.06. The molecule has 0 aromatic rings. The van der Waals surface area contributed by atoms with Gasteiger partial charge in [0.2, 0.25) is 16.7 Å². The molecule has 50 heavy (non-hydrogen) atoms. The predicted molar refractivity (Wildman–Crippen MR) is 142 cm³/mol. The van der Waals surface area contributed by atoms with Crippen molar-refractivity contribution in [2.45, 2.75) is 123 Å². The van der Waals surface area contributed by atoms with Gasteiger partial charge in [0.25, 0.3) is 0 Å². The quantitative estimate of drug-likeness (QED) is 0.0498. The van der Waals surface area contributed by atoms with Crippen LogP contribution in [0.2, 0.25) is 0 Å². The topological polar surface area (TPSA) is 394 Å². The van der Waals surface area contributed by atoms with Crippen LogP contribution in [0.1, 0.15) is 0 Å². The summed E-state index contributed by atoms with van der Waals surface area (Å²) in [6, 6.07) is 0. The molecule has 26 heteroatoms. The van der Waals surface area contributed by atoms with Gasteiger partial charge in [0.1, 0.15) is 97.7 Å². The SMILES string of the molecule is O=S(=O)([O-])O[C@H]1O[C@H](CO)[C@@H](O[C@H]2O[C@H](CO)[C@@H](O[C@H]3O[C@H](CO)[C@@H](O[C@H]4O[C@H](CO)[C@@H](O)[C@H](O)[C@H]4O)[C@H](O)[C@H]3O)[C@H](O)[C@H]2O)[C@H](O)[C@H]1O.[Na+]. The molecule has 4 heterocycles. The van der Waals surface area contributed by atoms with Gasteiger partial charge < -0.3 is 104 Å². The van der Waals surface area contributed by atoms with Gasteiger partial charge in [-0.15, -0.1) is 0 Å². The third-order valence-corrected chi connectivity index (χ3v) is 8.82. The Morgan fingerprint density at radius 1 is 0.440 bits per heavy atom. The van der Waals surface area contributed by atoms with Crippen molar-refractivity contribution in [2.75, 3.05) is 26.4 Å². The maximum atomic E-state index is 10.9. The summed E-state index contributed by atoms with van der Waals surface area (Å²) in [6.45, 7) is -3.76. The van der Waals surface area contributed by atoms with E-state index in [9.17, 15) is 79.4 Å². The molecule has 4 fully saturated rings. The molecule has 0 radical (unpaired) electrons. The van der Waals surface area contributed by atoms with Crippen LogP contribution in [0, 0.1) is 0 Å². The third-order valence-electron chi connectivity index (χ3n) is 8.40. The molecule has 0 spiro atoms. The van der Waals surface area contributed by atoms with Crippen LogP contribution in [0.25, 0.3) is 0 Å². The second kappa shape index (κ2) is 18.6. The van der Waals surface area contributed by atoms with Crippen LogP contribution in [-0.2, 0) is 47.7 Å². The van der Waals surface area contributed by atoms with Gasteiger partial charge in [-0.1, -0.05) is 0 Å². The first kappa shape index (κ1) is 44.5. The van der Waals surface area contributed by atoms with Gasteiger partial charge in [0, 0.05) is 0 Å². The molecule has 13 N–H and O–H groups in total. The molecule has 0 aromatic carbocycles. The summed E-state index contributed by atoms with van der Waals surface area (Å²) in [6.07, 6.45) is -37.9. The molecular weight excluding hydrogens is 727 g/mol. The zero-order chi connectivity index (χ0) is 36.5. The fraction of sp³-hybridized carbons (Fsp3) is 1.00. The first-order valence-electron chi connectivity index (χ1n) is 14.8. The molecule has 4 rings (SSSR count). The van der Waals surface area contributed by atoms with Crippen molar-refractivity contribution in [3.05, 3.63) is 0 Å². The molecule has 4 saturated heterocycles. The molecule has 0 saturated carbocycles. The van der Waals surface area contributed by atoms with Crippen LogP contribution in [0.4, 0.5) is 0 Å². The van der Waals surface area contributed by atoms with Gasteiger partial charge in [-0.25, -0.2) is 12.6 Å². The van der Waals surface area contributed by atoms with Crippen LogP contribution in [0.3, 0.4) is 0 Å². The Bertz CT molecular complexity index is 1150. The molecule has 288 valence electrons. The van der Waals surface area contributed by atoms with Crippen molar-refractivity contribution in [2.24, 2.45) is 0 Å². The number of hydrogen-bond acceptors (Lipinski definition) is 24. The monoisotopic (exact) mass is 768 g/mol. The number of aliphatic hydroxyl groups excluding tert-OH is 13. The van der Waals surface area contributed by atoms with Crippen molar-refractivity contribution in [1.29, 1.82) is 0 Å². The largest absolute Gasteiger partial charge is 1.00 e. The molecule has 0 aliphatic carbocycles. The predicted octanol–water partition coefficient (Wildman–Crippen LogP) is -13.3. The van der Waals surface area contributed by atoms with E-state index in [0.717, 1.165) is 0 Å². The molecule has 20 atom stereocenters. The van der Waals surface area contributed by atoms with Crippen molar-refractivity contribution < 1.29 is 146 Å². The van der Waals surface area contributed by atoms with E-state index in [1.807, 2.05) is 0 Å². The minimum absolute atomic E-state index is 0. The molecule has 4 aliphatic rings. The number of rotatable bonds is 12. The zero-order valence-electron chi connectivity index (χ0n) is 26.1. The van der Waals surface area contributed by atoms with Crippen LogP contribution >= 0.6 is 0 Å². The Morgan fingerprint density at radius 3 is 1.04 bits per heavy atom. The van der Waals surface area contributed by atoms with Gasteiger partial charge in [-0.2, -0.15) is 0 Å². The van der Waals surface area contributed by atoms with Crippen molar-refractivity contribution in [3.8, 4) is 0 Å². The normalized spacial score (nSPS) is 48.9. The van der Waals surface area contributed by atoms with Crippen LogP contribution in [0.5, 0.6) is 0 Å². The van der Waals surface area contributed by atoms with E-state index in [4.69, 9.17) is 33.2 Å². The maximum Gasteiger partial charge on any atom is 1.00 e. The maximum absolute atomic E-state index is 10.9. The summed E-state index contributed by atoms with van der Waals surface area (Å²) in [7, 11) is -5.45. The molecule has 0 amide bonds. The Kier molecular flexibility index (Phi) is 16.5. The summed E-state index contributed by atoms with van der Waals surface area (Å²) in [5, 5.41) is 133. The van der Waals surface area contributed by atoms with E-state index < -0.39 is 160 Å². The van der Waals surface area contributed by atoms with E-state index in [2.05, 4.69) is 4.18 Å². The first-order chi connectivity index (χ1) is 23.0. The first-order valence-corrected chi connectivity index (χ1v) is 16.1.